The van der Waals surface area contributed by atoms with Gasteiger partial charge in [0.15, 0.2) is 5.82 Å². The summed E-state index contributed by atoms with van der Waals surface area (Å²) in [6.45, 7) is 0. The van der Waals surface area contributed by atoms with E-state index in [9.17, 15) is 0 Å². The van der Waals surface area contributed by atoms with Crippen LogP contribution in [0.4, 0.5) is 5.69 Å². The minimum absolute atomic E-state index is 0.146. The van der Waals surface area contributed by atoms with E-state index in [0.29, 0.717) is 0 Å². The van der Waals surface area contributed by atoms with Crippen LogP contribution in [0.1, 0.15) is 29.3 Å². The summed E-state index contributed by atoms with van der Waals surface area (Å²) >= 11 is 0. The topological polar surface area (TPSA) is 30.2 Å². The Morgan fingerprint density at radius 3 is 1.71 bits per heavy atom. The van der Waals surface area contributed by atoms with Crippen LogP contribution >= 0.6 is 0 Å². The minimum Gasteiger partial charge on any atom is -0.291 e. The predicted molar refractivity (Wildman–Crippen MR) is 230 cm³/mol. The lowest BCUT2D eigenvalue weighted by atomic mass is 9.84. The fourth-order valence-electron chi connectivity index (χ4n) is 8.80. The standard InChI is InChI=1S/C52H35N3/c1-3-17-36(18-4-1)45-33-47(53-46-26-14-13-23-42(45)46)52-54-50-48(39-29-27-34-15-7-9-19-37(34)31-39)43-24-11-12-25-44(43)49(51(50)55(52)41-21-5-2-6-22-41)40-30-28-35-16-8-10-20-38(35)32-40/h1-32,45H,33H2. The number of hydrogen-bond acceptors (Lipinski definition) is 2. The molecule has 55 heavy (non-hydrogen) atoms. The van der Waals surface area contributed by atoms with Crippen LogP contribution in [-0.4, -0.2) is 15.3 Å². The van der Waals surface area contributed by atoms with Crippen molar-refractivity contribution in [2.45, 2.75) is 12.3 Å². The zero-order valence-electron chi connectivity index (χ0n) is 30.1. The molecule has 1 unspecified atom stereocenters. The van der Waals surface area contributed by atoms with E-state index < -0.39 is 0 Å². The van der Waals surface area contributed by atoms with Crippen molar-refractivity contribution in [3.05, 3.63) is 211 Å². The second-order valence-corrected chi connectivity index (χ2v) is 14.5. The number of hydrogen-bond donors (Lipinski definition) is 0. The highest BCUT2D eigenvalue weighted by Crippen LogP contribution is 2.47. The number of fused-ring (bicyclic) bond motifs is 5. The van der Waals surface area contributed by atoms with Crippen LogP contribution in [0.25, 0.3) is 71.3 Å². The number of aliphatic imine (C=N–C) groups is 1. The molecule has 2 heterocycles. The molecule has 10 aromatic rings. The highest BCUT2D eigenvalue weighted by molar-refractivity contribution is 6.22. The summed E-state index contributed by atoms with van der Waals surface area (Å²) in [5, 5.41) is 7.22. The Hall–Kier alpha value is -7.10. The summed E-state index contributed by atoms with van der Waals surface area (Å²) in [4.78, 5) is 11.3. The Kier molecular flexibility index (Phi) is 7.31. The summed E-state index contributed by atoms with van der Waals surface area (Å²) in [5.41, 5.74) is 12.2. The first-order chi connectivity index (χ1) is 27.3. The third-order valence-electron chi connectivity index (χ3n) is 11.3. The molecule has 3 nitrogen and oxygen atoms in total. The van der Waals surface area contributed by atoms with Crippen molar-refractivity contribution in [1.82, 2.24) is 9.55 Å². The van der Waals surface area contributed by atoms with Gasteiger partial charge in [-0.1, -0.05) is 164 Å². The molecular formula is C52H35N3. The molecule has 0 fully saturated rings. The van der Waals surface area contributed by atoms with Crippen molar-refractivity contribution < 1.29 is 0 Å². The molecule has 1 aliphatic heterocycles. The third kappa shape index (κ3) is 5.20. The Bertz CT molecular complexity index is 3120. The zero-order valence-corrected chi connectivity index (χ0v) is 30.1. The van der Waals surface area contributed by atoms with Gasteiger partial charge < -0.3 is 0 Å². The Morgan fingerprint density at radius 1 is 0.473 bits per heavy atom. The molecule has 1 aliphatic rings. The first kappa shape index (κ1) is 31.4. The van der Waals surface area contributed by atoms with Crippen molar-refractivity contribution in [3.63, 3.8) is 0 Å². The summed E-state index contributed by atoms with van der Waals surface area (Å²) in [7, 11) is 0. The Morgan fingerprint density at radius 2 is 1.02 bits per heavy atom. The average Bonchev–Trinajstić information content (AvgIpc) is 3.65. The van der Waals surface area contributed by atoms with E-state index >= 15 is 0 Å². The van der Waals surface area contributed by atoms with Gasteiger partial charge in [0.05, 0.1) is 22.4 Å². The molecule has 11 rings (SSSR count). The molecule has 0 spiro atoms. The lowest BCUT2D eigenvalue weighted by molar-refractivity contribution is 0.831. The van der Waals surface area contributed by atoms with Crippen LogP contribution in [0.15, 0.2) is 199 Å². The molecule has 9 aromatic carbocycles. The monoisotopic (exact) mass is 701 g/mol. The van der Waals surface area contributed by atoms with Gasteiger partial charge in [-0.25, -0.2) is 9.98 Å². The maximum absolute atomic E-state index is 5.80. The van der Waals surface area contributed by atoms with Crippen molar-refractivity contribution in [3.8, 4) is 27.9 Å². The number of benzene rings is 9. The number of para-hydroxylation sites is 2. The van der Waals surface area contributed by atoms with Gasteiger partial charge >= 0.3 is 0 Å². The summed E-state index contributed by atoms with van der Waals surface area (Å²) in [6.07, 6.45) is 0.729. The maximum Gasteiger partial charge on any atom is 0.160 e. The van der Waals surface area contributed by atoms with Crippen LogP contribution in [0, 0.1) is 0 Å². The van der Waals surface area contributed by atoms with Crippen molar-refractivity contribution >= 4 is 54.7 Å². The molecular weight excluding hydrogens is 667 g/mol. The highest BCUT2D eigenvalue weighted by Gasteiger charge is 2.31. The summed E-state index contributed by atoms with van der Waals surface area (Å²) in [6, 6.07) is 70.0. The summed E-state index contributed by atoms with van der Waals surface area (Å²) in [5.74, 6) is 1.02. The van der Waals surface area contributed by atoms with Gasteiger partial charge in [0.2, 0.25) is 0 Å². The van der Waals surface area contributed by atoms with Crippen molar-refractivity contribution in [2.75, 3.05) is 0 Å². The van der Waals surface area contributed by atoms with E-state index in [1.54, 1.807) is 0 Å². The van der Waals surface area contributed by atoms with Gasteiger partial charge in [-0.05, 0) is 84.9 Å². The summed E-state index contributed by atoms with van der Waals surface area (Å²) < 4.78 is 2.39. The van der Waals surface area contributed by atoms with Crippen LogP contribution in [0.3, 0.4) is 0 Å². The predicted octanol–water partition coefficient (Wildman–Crippen LogP) is 13.5. The zero-order chi connectivity index (χ0) is 36.3. The van der Waals surface area contributed by atoms with E-state index in [4.69, 9.17) is 9.98 Å². The fraction of sp³-hybridized carbons (Fsp3) is 0.0385. The molecule has 0 amide bonds. The van der Waals surface area contributed by atoms with Crippen molar-refractivity contribution in [2.24, 2.45) is 4.99 Å². The molecule has 0 saturated carbocycles. The van der Waals surface area contributed by atoms with Crippen LogP contribution in [-0.2, 0) is 0 Å². The first-order valence-electron chi connectivity index (χ1n) is 19.0. The highest BCUT2D eigenvalue weighted by atomic mass is 15.1. The molecule has 0 bridgehead atoms. The molecule has 0 radical (unpaired) electrons. The van der Waals surface area contributed by atoms with E-state index in [2.05, 4.69) is 199 Å². The SMILES string of the molecule is c1ccc(C2CC(c3nc4c(-c5ccc6ccccc6c5)c5ccccc5c(-c5ccc6ccccc6c5)c4n3-c3ccccc3)=Nc3ccccc32)cc1. The van der Waals surface area contributed by atoms with E-state index in [1.165, 1.54) is 49.0 Å². The van der Waals surface area contributed by atoms with E-state index in [-0.39, 0.29) is 5.92 Å². The molecule has 0 saturated heterocycles. The Balaban J connectivity index is 1.30. The van der Waals surface area contributed by atoms with Crippen LogP contribution < -0.4 is 0 Å². The molecule has 0 N–H and O–H groups in total. The van der Waals surface area contributed by atoms with Gasteiger partial charge in [-0.3, -0.25) is 4.57 Å². The van der Waals surface area contributed by atoms with Gasteiger partial charge in [-0.15, -0.1) is 0 Å². The average molecular weight is 702 g/mol. The molecule has 258 valence electrons. The number of nitrogens with zero attached hydrogens (tertiary/aromatic N) is 3. The number of imidazole rings is 1. The first-order valence-corrected chi connectivity index (χ1v) is 19.0. The third-order valence-corrected chi connectivity index (χ3v) is 11.3. The van der Waals surface area contributed by atoms with Gasteiger partial charge in [0.25, 0.3) is 0 Å². The molecule has 1 atom stereocenters. The second-order valence-electron chi connectivity index (χ2n) is 14.5. The van der Waals surface area contributed by atoms with Crippen LogP contribution in [0.2, 0.25) is 0 Å². The van der Waals surface area contributed by atoms with Gasteiger partial charge in [-0.2, -0.15) is 0 Å². The van der Waals surface area contributed by atoms with Crippen molar-refractivity contribution in [1.29, 1.82) is 0 Å². The molecule has 0 aliphatic carbocycles. The normalized spacial score (nSPS) is 14.0. The van der Waals surface area contributed by atoms with E-state index in [1.807, 2.05) is 0 Å². The Labute approximate surface area is 319 Å². The lowest BCUT2D eigenvalue weighted by Crippen LogP contribution is -2.18. The smallest absolute Gasteiger partial charge is 0.160 e. The second kappa shape index (κ2) is 12.8. The molecule has 1 aromatic heterocycles. The minimum atomic E-state index is 0.146. The number of aromatic nitrogens is 2. The van der Waals surface area contributed by atoms with Gasteiger partial charge in [0, 0.05) is 29.2 Å². The van der Waals surface area contributed by atoms with Crippen LogP contribution in [0.5, 0.6) is 0 Å². The van der Waals surface area contributed by atoms with Gasteiger partial charge in [0.1, 0.15) is 0 Å². The molecule has 3 heteroatoms. The largest absolute Gasteiger partial charge is 0.291 e. The quantitative estimate of drug-likeness (QED) is 0.176. The number of rotatable bonds is 5. The van der Waals surface area contributed by atoms with E-state index in [0.717, 1.165) is 57.1 Å². The maximum atomic E-state index is 5.80. The lowest BCUT2D eigenvalue weighted by Gasteiger charge is -2.25. The fourth-order valence-corrected chi connectivity index (χ4v) is 8.80.